The fourth-order valence-corrected chi connectivity index (χ4v) is 6.63. The molecule has 0 radical (unpaired) electrons. The molecule has 2 aromatic heterocycles. The predicted molar refractivity (Wildman–Crippen MR) is 138 cm³/mol. The summed E-state index contributed by atoms with van der Waals surface area (Å²) in [7, 11) is 0. The van der Waals surface area contributed by atoms with Crippen LogP contribution in [0.3, 0.4) is 0 Å². The SMILES string of the molecule is C[C@@H]1[C@H]2C[C@@H](C[C@H]1Nc1cnn(CC(=O)NC(CC3OCCO3)c3ccncc3)c(=O)c1Br)C2(C)C. The lowest BCUT2D eigenvalue weighted by Gasteiger charge is -2.62. The first kappa shape index (κ1) is 25.4. The summed E-state index contributed by atoms with van der Waals surface area (Å²) in [6.45, 7) is 7.92. The fourth-order valence-electron chi connectivity index (χ4n) is 6.20. The lowest BCUT2D eigenvalue weighted by molar-refractivity contribution is -0.123. The molecule has 6 rings (SSSR count). The second kappa shape index (κ2) is 10.2. The van der Waals surface area contributed by atoms with Crippen molar-refractivity contribution in [3.63, 3.8) is 0 Å². The highest BCUT2D eigenvalue weighted by atomic mass is 79.9. The Morgan fingerprint density at radius 1 is 1.25 bits per heavy atom. The van der Waals surface area contributed by atoms with Gasteiger partial charge in [0.05, 0.1) is 31.1 Å². The number of aromatic nitrogens is 3. The predicted octanol–water partition coefficient (Wildman–Crippen LogP) is 3.50. The second-order valence-electron chi connectivity index (χ2n) is 10.8. The van der Waals surface area contributed by atoms with Crippen molar-refractivity contribution in [3.8, 4) is 0 Å². The Bertz CT molecular complexity index is 1150. The maximum atomic E-state index is 13.0. The van der Waals surface area contributed by atoms with E-state index in [1.54, 1.807) is 18.6 Å². The molecule has 9 nitrogen and oxygen atoms in total. The monoisotopic (exact) mass is 559 g/mol. The Labute approximate surface area is 219 Å². The largest absolute Gasteiger partial charge is 0.380 e. The Kier molecular flexibility index (Phi) is 7.20. The van der Waals surface area contributed by atoms with E-state index in [4.69, 9.17) is 9.47 Å². The fraction of sp³-hybridized carbons (Fsp3) is 0.615. The molecule has 3 heterocycles. The second-order valence-corrected chi connectivity index (χ2v) is 11.6. The van der Waals surface area contributed by atoms with Gasteiger partial charge >= 0.3 is 0 Å². The lowest BCUT2D eigenvalue weighted by atomic mass is 9.45. The van der Waals surface area contributed by atoms with E-state index in [0.29, 0.717) is 59.0 Å². The van der Waals surface area contributed by atoms with Crippen LogP contribution in [0.25, 0.3) is 0 Å². The van der Waals surface area contributed by atoms with Crippen LogP contribution in [0.4, 0.5) is 5.69 Å². The number of rotatable bonds is 8. The number of nitrogens with one attached hydrogen (secondary N) is 2. The third kappa shape index (κ3) is 4.95. The van der Waals surface area contributed by atoms with Crippen molar-refractivity contribution in [2.75, 3.05) is 18.5 Å². The molecule has 1 aliphatic heterocycles. The van der Waals surface area contributed by atoms with E-state index < -0.39 is 0 Å². The van der Waals surface area contributed by atoms with E-state index in [1.165, 1.54) is 11.1 Å². The van der Waals surface area contributed by atoms with Crippen LogP contribution >= 0.6 is 15.9 Å². The minimum atomic E-state index is -0.386. The van der Waals surface area contributed by atoms with E-state index in [9.17, 15) is 9.59 Å². The van der Waals surface area contributed by atoms with Gasteiger partial charge in [-0.3, -0.25) is 14.6 Å². The van der Waals surface area contributed by atoms with Crippen molar-refractivity contribution >= 4 is 27.5 Å². The standard InChI is InChI=1S/C26H34BrN5O4/c1-15-18-10-17(26(18,2)3)11-19(15)30-21-13-29-32(25(34)24(21)27)14-22(33)31-20(12-23-35-8-9-36-23)16-4-6-28-7-5-16/h4-7,13,15,17-20,23,30H,8-12,14H2,1-3H3,(H,31,33)/t15-,17+,18-,19-,20?/m1/s1. The number of anilines is 1. The highest BCUT2D eigenvalue weighted by Crippen LogP contribution is 2.61. The Morgan fingerprint density at radius 2 is 1.97 bits per heavy atom. The number of hydrogen-bond acceptors (Lipinski definition) is 7. The number of hydrogen-bond donors (Lipinski definition) is 2. The number of ether oxygens (including phenoxy) is 2. The van der Waals surface area contributed by atoms with E-state index in [1.807, 2.05) is 12.1 Å². The van der Waals surface area contributed by atoms with Gasteiger partial charge in [0.2, 0.25) is 5.91 Å². The molecule has 2 bridgehead atoms. The molecule has 1 amide bonds. The minimum Gasteiger partial charge on any atom is -0.380 e. The third-order valence-corrected chi connectivity index (χ3v) is 9.30. The molecular weight excluding hydrogens is 526 g/mol. The molecule has 36 heavy (non-hydrogen) atoms. The van der Waals surface area contributed by atoms with Crippen LogP contribution < -0.4 is 16.2 Å². The zero-order valence-corrected chi connectivity index (χ0v) is 22.5. The van der Waals surface area contributed by atoms with E-state index >= 15 is 0 Å². The molecule has 194 valence electrons. The first-order valence-corrected chi connectivity index (χ1v) is 13.5. The highest BCUT2D eigenvalue weighted by molar-refractivity contribution is 9.10. The molecule has 0 spiro atoms. The number of halogens is 1. The van der Waals surface area contributed by atoms with Gasteiger partial charge in [-0.15, -0.1) is 0 Å². The van der Waals surface area contributed by atoms with Crippen LogP contribution in [0.2, 0.25) is 0 Å². The summed E-state index contributed by atoms with van der Waals surface area (Å²) >= 11 is 3.45. The van der Waals surface area contributed by atoms with Crippen LogP contribution in [0.1, 0.15) is 51.6 Å². The summed E-state index contributed by atoms with van der Waals surface area (Å²) in [6, 6.07) is 3.66. The van der Waals surface area contributed by atoms with Gasteiger partial charge in [-0.2, -0.15) is 5.10 Å². The van der Waals surface area contributed by atoms with Crippen molar-refractivity contribution in [1.82, 2.24) is 20.1 Å². The van der Waals surface area contributed by atoms with Crippen molar-refractivity contribution in [2.24, 2.45) is 23.2 Å². The van der Waals surface area contributed by atoms with Crippen molar-refractivity contribution in [2.45, 2.75) is 65.0 Å². The molecular formula is C26H34BrN5O4. The van der Waals surface area contributed by atoms with Crippen LogP contribution in [-0.4, -0.2) is 46.2 Å². The summed E-state index contributed by atoms with van der Waals surface area (Å²) < 4.78 is 12.7. The molecule has 1 unspecified atom stereocenters. The number of carbonyl (C=O) groups excluding carboxylic acids is 1. The maximum Gasteiger partial charge on any atom is 0.283 e. The number of carbonyl (C=O) groups is 1. The zero-order chi connectivity index (χ0) is 25.4. The molecule has 10 heteroatoms. The van der Waals surface area contributed by atoms with Crippen molar-refractivity contribution in [3.05, 3.63) is 51.1 Å². The molecule has 3 aliphatic carbocycles. The van der Waals surface area contributed by atoms with E-state index in [2.05, 4.69) is 57.4 Å². The number of pyridine rings is 1. The smallest absolute Gasteiger partial charge is 0.283 e. The number of nitrogens with zero attached hydrogens (tertiary/aromatic N) is 3. The summed E-state index contributed by atoms with van der Waals surface area (Å²) in [4.78, 5) is 30.0. The first-order valence-electron chi connectivity index (χ1n) is 12.7. The summed E-state index contributed by atoms with van der Waals surface area (Å²) in [6.07, 6.45) is 7.45. The van der Waals surface area contributed by atoms with Crippen LogP contribution in [-0.2, 0) is 20.8 Å². The zero-order valence-electron chi connectivity index (χ0n) is 20.9. The average molecular weight is 560 g/mol. The van der Waals surface area contributed by atoms with Gasteiger partial charge in [0.25, 0.3) is 5.56 Å². The lowest BCUT2D eigenvalue weighted by Crippen LogP contribution is -2.58. The molecule has 2 aromatic rings. The van der Waals surface area contributed by atoms with E-state index in [0.717, 1.165) is 12.0 Å². The normalized spacial score (nSPS) is 27.8. The Balaban J connectivity index is 1.25. The Morgan fingerprint density at radius 3 is 2.64 bits per heavy atom. The molecule has 5 atom stereocenters. The Hall–Kier alpha value is -2.30. The minimum absolute atomic E-state index is 0.191. The van der Waals surface area contributed by atoms with Gasteiger partial charge in [-0.05, 0) is 69.6 Å². The average Bonchev–Trinajstić information content (AvgIpc) is 3.38. The van der Waals surface area contributed by atoms with Gasteiger partial charge < -0.3 is 20.1 Å². The molecule has 4 fully saturated rings. The molecule has 0 aromatic carbocycles. The van der Waals surface area contributed by atoms with Crippen LogP contribution in [0, 0.1) is 23.2 Å². The molecule has 3 saturated carbocycles. The van der Waals surface area contributed by atoms with Gasteiger partial charge in [0.1, 0.15) is 11.0 Å². The molecule has 1 saturated heterocycles. The van der Waals surface area contributed by atoms with Crippen LogP contribution in [0.15, 0.2) is 40.0 Å². The number of fused-ring (bicyclic) bond motifs is 2. The van der Waals surface area contributed by atoms with E-state index in [-0.39, 0.29) is 30.3 Å². The summed E-state index contributed by atoms with van der Waals surface area (Å²) in [5, 5.41) is 10.9. The topological polar surface area (TPSA) is 107 Å². The van der Waals surface area contributed by atoms with Gasteiger partial charge in [0, 0.05) is 24.9 Å². The quantitative estimate of drug-likeness (QED) is 0.509. The van der Waals surface area contributed by atoms with Crippen molar-refractivity contribution in [1.29, 1.82) is 0 Å². The first-order chi connectivity index (χ1) is 17.2. The number of amides is 1. The summed E-state index contributed by atoms with van der Waals surface area (Å²) in [5.41, 5.74) is 1.62. The van der Waals surface area contributed by atoms with Crippen LogP contribution in [0.5, 0.6) is 0 Å². The molecule has 2 N–H and O–H groups in total. The van der Waals surface area contributed by atoms with Gasteiger partial charge in [0.15, 0.2) is 6.29 Å². The molecule has 4 aliphatic rings. The summed E-state index contributed by atoms with van der Waals surface area (Å²) in [5.74, 6) is 1.60. The van der Waals surface area contributed by atoms with Gasteiger partial charge in [-0.25, -0.2) is 4.68 Å². The van der Waals surface area contributed by atoms with Gasteiger partial charge in [-0.1, -0.05) is 20.8 Å². The third-order valence-electron chi connectivity index (χ3n) is 8.54. The maximum absolute atomic E-state index is 13.0. The highest BCUT2D eigenvalue weighted by Gasteiger charge is 2.56. The van der Waals surface area contributed by atoms with Crippen molar-refractivity contribution < 1.29 is 14.3 Å².